The first-order valence-corrected chi connectivity index (χ1v) is 12.3. The highest BCUT2D eigenvalue weighted by molar-refractivity contribution is 4.28. The largest absolute Gasteiger partial charge is 0.400 e. The maximum Gasteiger partial charge on any atom is 0.0701 e. The molecule has 236 valence electrons. The lowest BCUT2D eigenvalue weighted by atomic mass is 10.5. The topological polar surface area (TPSA) is 197 Å². The monoisotopic (exact) mass is 558 g/mol. The van der Waals surface area contributed by atoms with Crippen molar-refractivity contribution in [2.75, 3.05) is 120 Å². The minimum Gasteiger partial charge on any atom is -0.400 e. The van der Waals surface area contributed by atoms with Crippen molar-refractivity contribution in [2.45, 2.75) is 40.7 Å². The molecule has 0 saturated carbocycles. The van der Waals surface area contributed by atoms with E-state index >= 15 is 0 Å². The fraction of sp³-hybridized carbons (Fsp3) is 1.00. The molecule has 0 unspecified atom stereocenters. The highest BCUT2D eigenvalue weighted by atomic mass is 16.5. The summed E-state index contributed by atoms with van der Waals surface area (Å²) in [6.45, 7) is 15.2. The van der Waals surface area contributed by atoms with Crippen molar-refractivity contribution in [3.63, 3.8) is 0 Å². The van der Waals surface area contributed by atoms with Crippen LogP contribution in [0.15, 0.2) is 0 Å². The van der Waals surface area contributed by atoms with E-state index in [9.17, 15) is 0 Å². The van der Waals surface area contributed by atoms with E-state index in [4.69, 9.17) is 54.7 Å². The molecule has 0 radical (unpaired) electrons. The molecule has 0 aliphatic rings. The van der Waals surface area contributed by atoms with Crippen molar-refractivity contribution in [2.24, 2.45) is 0 Å². The van der Waals surface area contributed by atoms with E-state index in [0.717, 1.165) is 13.7 Å². The molecule has 0 bridgehead atoms. The number of hydrogen-bond acceptors (Lipinski definition) is 13. The summed E-state index contributed by atoms with van der Waals surface area (Å²) in [6, 6.07) is 0. The van der Waals surface area contributed by atoms with Gasteiger partial charge in [-0.2, -0.15) is 0 Å². The Balaban J connectivity index is -0.0000000595. The zero-order valence-corrected chi connectivity index (χ0v) is 24.8. The molecule has 0 aliphatic carbocycles. The summed E-state index contributed by atoms with van der Waals surface area (Å²) in [5, 5.41) is 55.1. The second-order valence-corrected chi connectivity index (χ2v) is 5.91. The summed E-state index contributed by atoms with van der Waals surface area (Å²) in [6.07, 6.45) is -0.167. The van der Waals surface area contributed by atoms with Crippen LogP contribution in [0.3, 0.4) is 0 Å². The lowest BCUT2D eigenvalue weighted by molar-refractivity contribution is 0.0370. The minimum absolute atomic E-state index is 0.0870. The van der Waals surface area contributed by atoms with Gasteiger partial charge >= 0.3 is 0 Å². The molecule has 7 N–H and O–H groups in total. The van der Waals surface area contributed by atoms with Crippen LogP contribution < -0.4 is 0 Å². The molecule has 0 saturated heterocycles. The van der Waals surface area contributed by atoms with Crippen LogP contribution in [0.2, 0.25) is 0 Å². The normalized spacial score (nSPS) is 8.76. The van der Waals surface area contributed by atoms with Crippen LogP contribution in [0.5, 0.6) is 0 Å². The van der Waals surface area contributed by atoms with E-state index in [0.29, 0.717) is 59.5 Å². The molecule has 0 rings (SSSR count). The van der Waals surface area contributed by atoms with Crippen LogP contribution in [0.1, 0.15) is 34.6 Å². The van der Waals surface area contributed by atoms with Gasteiger partial charge in [0.25, 0.3) is 0 Å². The predicted octanol–water partition coefficient (Wildman–Crippen LogP) is -0.692. The predicted molar refractivity (Wildman–Crippen MR) is 145 cm³/mol. The molecule has 0 aromatic rings. The Bertz CT molecular complexity index is 232. The fourth-order valence-electron chi connectivity index (χ4n) is 1.04. The SMILES string of the molecule is CC(C)O.CCO.CCOCCO.CCOCCOCCO.CO.COCCO.COCCOCCO. The third-order valence-corrected chi connectivity index (χ3v) is 2.21. The molecule has 0 aliphatic heterocycles. The third kappa shape index (κ3) is 166. The number of ether oxygens (including phenoxy) is 6. The Labute approximate surface area is 225 Å². The van der Waals surface area contributed by atoms with Crippen LogP contribution in [-0.4, -0.2) is 162 Å². The van der Waals surface area contributed by atoms with Crippen LogP contribution in [0.25, 0.3) is 0 Å². The van der Waals surface area contributed by atoms with E-state index in [1.807, 2.05) is 13.8 Å². The standard InChI is InChI=1S/C6H14O3.C5H12O3.C4H10O2.C3H8O2.C3H8O.C2H6O.CH4O/c1-2-8-5-6-9-4-3-7;1-7-4-5-8-3-2-6;1-2-6-4-3-5;1-5-3-2-4;1-3(2)4;1-2-3;1-2/h7H,2-6H2,1H3;6H,2-5H2,1H3;5H,2-4H2,1H3;4H,2-3H2,1H3;3-4H,1-2H3;3H,2H2,1H3;2H,1H3. The van der Waals surface area contributed by atoms with Gasteiger partial charge in [0.2, 0.25) is 0 Å². The maximum absolute atomic E-state index is 8.26. The third-order valence-electron chi connectivity index (χ3n) is 2.21. The molecule has 0 aromatic carbocycles. The average molecular weight is 559 g/mol. The molecule has 37 heavy (non-hydrogen) atoms. The van der Waals surface area contributed by atoms with Gasteiger partial charge in [-0.15, -0.1) is 0 Å². The van der Waals surface area contributed by atoms with E-state index in [2.05, 4.69) is 9.47 Å². The van der Waals surface area contributed by atoms with E-state index in [-0.39, 0.29) is 39.1 Å². The minimum atomic E-state index is -0.167. The summed E-state index contributed by atoms with van der Waals surface area (Å²) < 4.78 is 28.6. The van der Waals surface area contributed by atoms with Gasteiger partial charge in [0.05, 0.1) is 79.3 Å². The van der Waals surface area contributed by atoms with Gasteiger partial charge in [-0.05, 0) is 34.6 Å². The molecule has 0 aromatic heterocycles. The van der Waals surface area contributed by atoms with Crippen molar-refractivity contribution < 1.29 is 64.2 Å². The molecule has 0 amide bonds. The Morgan fingerprint density at radius 2 is 0.730 bits per heavy atom. The highest BCUT2D eigenvalue weighted by Gasteiger charge is 1.84. The molecule has 0 spiro atoms. The van der Waals surface area contributed by atoms with Crippen molar-refractivity contribution in [3.8, 4) is 0 Å². The van der Waals surface area contributed by atoms with E-state index < -0.39 is 0 Å². The van der Waals surface area contributed by atoms with Crippen LogP contribution in [0, 0.1) is 0 Å². The average Bonchev–Trinajstić information content (AvgIpc) is 2.88. The first kappa shape index (κ1) is 52.8. The van der Waals surface area contributed by atoms with E-state index in [1.165, 1.54) is 0 Å². The number of rotatable bonds is 16. The van der Waals surface area contributed by atoms with Gasteiger partial charge in [-0.1, -0.05) is 0 Å². The molecule has 13 nitrogen and oxygen atoms in total. The summed E-state index contributed by atoms with van der Waals surface area (Å²) in [5.41, 5.74) is 0. The van der Waals surface area contributed by atoms with Crippen LogP contribution in [0.4, 0.5) is 0 Å². The fourth-order valence-corrected chi connectivity index (χ4v) is 1.04. The number of hydrogen-bond donors (Lipinski definition) is 7. The first-order chi connectivity index (χ1) is 17.8. The van der Waals surface area contributed by atoms with E-state index in [1.54, 1.807) is 35.0 Å². The second-order valence-electron chi connectivity index (χ2n) is 5.91. The maximum atomic E-state index is 8.26. The van der Waals surface area contributed by atoms with Crippen molar-refractivity contribution in [3.05, 3.63) is 0 Å². The first-order valence-electron chi connectivity index (χ1n) is 12.3. The number of aliphatic hydroxyl groups excluding tert-OH is 7. The van der Waals surface area contributed by atoms with Gasteiger partial charge < -0.3 is 64.2 Å². The number of methoxy groups -OCH3 is 2. The van der Waals surface area contributed by atoms with Crippen molar-refractivity contribution in [1.82, 2.24) is 0 Å². The molecule has 0 atom stereocenters. The summed E-state index contributed by atoms with van der Waals surface area (Å²) in [7, 11) is 4.17. The smallest absolute Gasteiger partial charge is 0.0701 e. The molecule has 13 heteroatoms. The highest BCUT2D eigenvalue weighted by Crippen LogP contribution is 1.76. The molecular formula is C24H62O13. The molecule has 0 heterocycles. The summed E-state index contributed by atoms with van der Waals surface area (Å²) in [5.74, 6) is 0. The number of aliphatic hydroxyl groups is 7. The Morgan fingerprint density at radius 3 is 0.946 bits per heavy atom. The Morgan fingerprint density at radius 1 is 0.486 bits per heavy atom. The lowest BCUT2D eigenvalue weighted by Gasteiger charge is -2.00. The van der Waals surface area contributed by atoms with Crippen LogP contribution in [-0.2, 0) is 28.4 Å². The van der Waals surface area contributed by atoms with Gasteiger partial charge in [0, 0.05) is 47.3 Å². The quantitative estimate of drug-likeness (QED) is 0.118. The van der Waals surface area contributed by atoms with Crippen molar-refractivity contribution in [1.29, 1.82) is 0 Å². The molecule has 0 fully saturated rings. The zero-order valence-electron chi connectivity index (χ0n) is 24.8. The Hall–Kier alpha value is -0.520. The Kier molecular flexibility index (Phi) is 109. The van der Waals surface area contributed by atoms with Gasteiger partial charge in [-0.25, -0.2) is 0 Å². The second kappa shape index (κ2) is 76.5. The van der Waals surface area contributed by atoms with Gasteiger partial charge in [0.15, 0.2) is 0 Å². The van der Waals surface area contributed by atoms with Gasteiger partial charge in [-0.3, -0.25) is 0 Å². The van der Waals surface area contributed by atoms with Gasteiger partial charge in [0.1, 0.15) is 0 Å². The summed E-state index contributed by atoms with van der Waals surface area (Å²) in [4.78, 5) is 0. The molecular weight excluding hydrogens is 496 g/mol. The lowest BCUT2D eigenvalue weighted by Crippen LogP contribution is -2.06. The van der Waals surface area contributed by atoms with Crippen molar-refractivity contribution >= 4 is 0 Å². The summed E-state index contributed by atoms with van der Waals surface area (Å²) >= 11 is 0. The van der Waals surface area contributed by atoms with Crippen LogP contribution >= 0.6 is 0 Å². The zero-order chi connectivity index (χ0) is 30.4.